The Labute approximate surface area is 224 Å². The number of benzene rings is 3. The molecule has 0 radical (unpaired) electrons. The fourth-order valence-corrected chi connectivity index (χ4v) is 4.28. The molecule has 1 N–H and O–H groups in total. The summed E-state index contributed by atoms with van der Waals surface area (Å²) < 4.78 is 33.3. The molecule has 0 atom stereocenters. The molecular formula is C30H27FN4O4. The number of methoxy groups -OCH3 is 2. The molecule has 0 unspecified atom stereocenters. The molecule has 9 heteroatoms. The summed E-state index contributed by atoms with van der Waals surface area (Å²) in [6.07, 6.45) is 3.82. The molecule has 0 aliphatic carbocycles. The molecule has 198 valence electrons. The van der Waals surface area contributed by atoms with Crippen LogP contribution in [0, 0.1) is 5.82 Å². The first-order valence-electron chi connectivity index (χ1n) is 12.3. The van der Waals surface area contributed by atoms with Crippen molar-refractivity contribution >= 4 is 16.9 Å². The molecule has 5 rings (SSSR count). The molecular weight excluding hydrogens is 499 g/mol. The maximum atomic E-state index is 15.2. The third-order valence-electron chi connectivity index (χ3n) is 6.38. The van der Waals surface area contributed by atoms with Crippen LogP contribution in [0.25, 0.3) is 22.0 Å². The van der Waals surface area contributed by atoms with Crippen molar-refractivity contribution in [1.82, 2.24) is 14.5 Å². The van der Waals surface area contributed by atoms with E-state index in [4.69, 9.17) is 14.2 Å². The van der Waals surface area contributed by atoms with Gasteiger partial charge >= 0.3 is 0 Å². The quantitative estimate of drug-likeness (QED) is 0.268. The minimum absolute atomic E-state index is 0.00465. The summed E-state index contributed by atoms with van der Waals surface area (Å²) in [6.45, 7) is 0.618. The first kappa shape index (κ1) is 25.7. The highest BCUT2D eigenvalue weighted by Gasteiger charge is 2.15. The van der Waals surface area contributed by atoms with Gasteiger partial charge in [-0.3, -0.25) is 14.3 Å². The molecule has 3 aromatic carbocycles. The van der Waals surface area contributed by atoms with Crippen LogP contribution in [0.3, 0.4) is 0 Å². The van der Waals surface area contributed by atoms with Crippen molar-refractivity contribution in [2.45, 2.75) is 6.42 Å². The van der Waals surface area contributed by atoms with Crippen LogP contribution >= 0.6 is 0 Å². The second-order valence-corrected chi connectivity index (χ2v) is 8.80. The summed E-state index contributed by atoms with van der Waals surface area (Å²) in [4.78, 5) is 21.8. The van der Waals surface area contributed by atoms with Crippen LogP contribution in [0.1, 0.15) is 5.56 Å². The van der Waals surface area contributed by atoms with Crippen LogP contribution in [0.2, 0.25) is 0 Å². The minimum atomic E-state index is -0.620. The SMILES string of the molecule is COc1cc2nccc(Oc3ccc(-c4cnc(NCCc5ccccc5)n(C)c4=O)cc3F)c2cc1OC. The molecule has 0 spiro atoms. The summed E-state index contributed by atoms with van der Waals surface area (Å²) >= 11 is 0. The fourth-order valence-electron chi connectivity index (χ4n) is 4.28. The van der Waals surface area contributed by atoms with E-state index in [0.717, 1.165) is 6.42 Å². The summed E-state index contributed by atoms with van der Waals surface area (Å²) in [5.74, 6) is 1.25. The van der Waals surface area contributed by atoms with Gasteiger partial charge in [-0.05, 0) is 41.8 Å². The topological polar surface area (TPSA) is 87.5 Å². The second kappa shape index (κ2) is 11.2. The van der Waals surface area contributed by atoms with Gasteiger partial charge in [-0.25, -0.2) is 9.37 Å². The minimum Gasteiger partial charge on any atom is -0.493 e. The van der Waals surface area contributed by atoms with Gasteiger partial charge in [-0.15, -0.1) is 0 Å². The molecule has 0 fully saturated rings. The molecule has 0 saturated heterocycles. The van der Waals surface area contributed by atoms with E-state index in [1.54, 1.807) is 44.6 Å². The van der Waals surface area contributed by atoms with E-state index in [-0.39, 0.29) is 16.9 Å². The van der Waals surface area contributed by atoms with E-state index in [0.29, 0.717) is 46.2 Å². The third kappa shape index (κ3) is 5.38. The predicted molar refractivity (Wildman–Crippen MR) is 148 cm³/mol. The zero-order chi connectivity index (χ0) is 27.4. The molecule has 0 aliphatic rings. The Balaban J connectivity index is 1.37. The van der Waals surface area contributed by atoms with Crippen molar-refractivity contribution in [3.05, 3.63) is 101 Å². The predicted octanol–water partition coefficient (Wildman–Crippen LogP) is 5.60. The molecule has 0 aliphatic heterocycles. The van der Waals surface area contributed by atoms with E-state index in [1.165, 1.54) is 35.6 Å². The number of fused-ring (bicyclic) bond motifs is 1. The van der Waals surface area contributed by atoms with Crippen LogP contribution < -0.4 is 25.1 Å². The molecule has 8 nitrogen and oxygen atoms in total. The Morgan fingerprint density at radius 1 is 0.897 bits per heavy atom. The maximum absolute atomic E-state index is 15.2. The second-order valence-electron chi connectivity index (χ2n) is 8.80. The van der Waals surface area contributed by atoms with E-state index in [1.807, 2.05) is 30.3 Å². The van der Waals surface area contributed by atoms with Gasteiger partial charge in [0, 0.05) is 37.4 Å². The summed E-state index contributed by atoms with van der Waals surface area (Å²) in [6, 6.07) is 19.5. The highest BCUT2D eigenvalue weighted by molar-refractivity contribution is 5.88. The van der Waals surface area contributed by atoms with E-state index < -0.39 is 5.82 Å². The average Bonchev–Trinajstić information content (AvgIpc) is 2.96. The highest BCUT2D eigenvalue weighted by atomic mass is 19.1. The van der Waals surface area contributed by atoms with Gasteiger partial charge in [-0.2, -0.15) is 0 Å². The van der Waals surface area contributed by atoms with Gasteiger partial charge in [0.1, 0.15) is 5.75 Å². The van der Waals surface area contributed by atoms with Gasteiger partial charge in [-0.1, -0.05) is 36.4 Å². The van der Waals surface area contributed by atoms with Crippen molar-refractivity contribution in [1.29, 1.82) is 0 Å². The van der Waals surface area contributed by atoms with Crippen LogP contribution in [0.5, 0.6) is 23.0 Å². The van der Waals surface area contributed by atoms with Crippen molar-refractivity contribution in [3.8, 4) is 34.1 Å². The maximum Gasteiger partial charge on any atom is 0.262 e. The number of nitrogens with zero attached hydrogens (tertiary/aromatic N) is 3. The lowest BCUT2D eigenvalue weighted by Gasteiger charge is -2.14. The third-order valence-corrected chi connectivity index (χ3v) is 6.38. The zero-order valence-corrected chi connectivity index (χ0v) is 21.8. The fraction of sp³-hybridized carbons (Fsp3) is 0.167. The lowest BCUT2D eigenvalue weighted by atomic mass is 10.1. The number of hydrogen-bond acceptors (Lipinski definition) is 7. The van der Waals surface area contributed by atoms with E-state index in [9.17, 15) is 4.79 Å². The lowest BCUT2D eigenvalue weighted by molar-refractivity contribution is 0.355. The number of halogens is 1. The molecule has 5 aromatic rings. The molecule has 0 saturated carbocycles. The first-order valence-corrected chi connectivity index (χ1v) is 12.3. The standard InChI is InChI=1S/C30H27FN4O4/c1-35-29(36)22(18-34-30(35)33-13-11-19-7-5-4-6-8-19)20-9-10-26(23(31)15-20)39-25-12-14-32-24-17-28(38-3)27(37-2)16-21(24)25/h4-10,12,14-18H,11,13H2,1-3H3,(H,33,34). The number of rotatable bonds is 9. The van der Waals surface area contributed by atoms with Crippen molar-refractivity contribution in [2.24, 2.45) is 7.05 Å². The summed E-state index contributed by atoms with van der Waals surface area (Å²) in [7, 11) is 4.71. The number of hydrogen-bond donors (Lipinski definition) is 1. The molecule has 39 heavy (non-hydrogen) atoms. The van der Waals surface area contributed by atoms with Crippen molar-refractivity contribution < 1.29 is 18.6 Å². The number of aromatic nitrogens is 3. The molecule has 0 amide bonds. The largest absolute Gasteiger partial charge is 0.493 e. The van der Waals surface area contributed by atoms with Crippen molar-refractivity contribution in [3.63, 3.8) is 0 Å². The van der Waals surface area contributed by atoms with Crippen LogP contribution in [0.4, 0.5) is 10.3 Å². The number of pyridine rings is 1. The molecule has 0 bridgehead atoms. The van der Waals surface area contributed by atoms with Crippen LogP contribution in [0.15, 0.2) is 83.9 Å². The summed E-state index contributed by atoms with van der Waals surface area (Å²) in [5.41, 5.74) is 2.18. The summed E-state index contributed by atoms with van der Waals surface area (Å²) in [5, 5.41) is 3.83. The molecule has 2 aromatic heterocycles. The smallest absolute Gasteiger partial charge is 0.262 e. The van der Waals surface area contributed by atoms with Gasteiger partial charge in [0.2, 0.25) is 5.95 Å². The Hall–Kier alpha value is -4.92. The van der Waals surface area contributed by atoms with Crippen LogP contribution in [-0.2, 0) is 13.5 Å². The normalized spacial score (nSPS) is 10.9. The van der Waals surface area contributed by atoms with Crippen LogP contribution in [-0.4, -0.2) is 35.3 Å². The number of anilines is 1. The van der Waals surface area contributed by atoms with Crippen molar-refractivity contribution in [2.75, 3.05) is 26.1 Å². The first-order chi connectivity index (χ1) is 19.0. The van der Waals surface area contributed by atoms with Gasteiger partial charge in [0.05, 0.1) is 25.3 Å². The number of nitrogens with one attached hydrogen (secondary N) is 1. The monoisotopic (exact) mass is 526 g/mol. The molecule has 2 heterocycles. The Morgan fingerprint density at radius 2 is 1.67 bits per heavy atom. The van der Waals surface area contributed by atoms with Gasteiger partial charge in [0.15, 0.2) is 23.1 Å². The number of ether oxygens (including phenoxy) is 3. The lowest BCUT2D eigenvalue weighted by Crippen LogP contribution is -2.24. The average molecular weight is 527 g/mol. The van der Waals surface area contributed by atoms with Gasteiger partial charge in [0.25, 0.3) is 5.56 Å². The van der Waals surface area contributed by atoms with E-state index >= 15 is 4.39 Å². The Morgan fingerprint density at radius 3 is 2.41 bits per heavy atom. The zero-order valence-electron chi connectivity index (χ0n) is 21.8. The highest BCUT2D eigenvalue weighted by Crippen LogP contribution is 2.37. The Kier molecular flexibility index (Phi) is 7.40. The van der Waals surface area contributed by atoms with E-state index in [2.05, 4.69) is 15.3 Å². The van der Waals surface area contributed by atoms with Gasteiger partial charge < -0.3 is 19.5 Å². The Bertz CT molecular complexity index is 1690.